The van der Waals surface area contributed by atoms with Gasteiger partial charge in [0.05, 0.1) is 32.8 Å². The van der Waals surface area contributed by atoms with Gasteiger partial charge in [0.15, 0.2) is 0 Å². The average Bonchev–Trinajstić information content (AvgIpc) is 2.72. The van der Waals surface area contributed by atoms with Crippen LogP contribution < -0.4 is 5.46 Å². The molecule has 0 aromatic heterocycles. The summed E-state index contributed by atoms with van der Waals surface area (Å²) in [6.07, 6.45) is 11.1. The fourth-order valence-corrected chi connectivity index (χ4v) is 3.49. The van der Waals surface area contributed by atoms with Crippen LogP contribution in [0.5, 0.6) is 0 Å². The molecule has 1 aromatic rings. The Hall–Kier alpha value is -1.01. The van der Waals surface area contributed by atoms with Gasteiger partial charge in [0.1, 0.15) is 0 Å². The second-order valence-corrected chi connectivity index (χ2v) is 8.12. The van der Waals surface area contributed by atoms with Gasteiger partial charge in [-0.15, -0.1) is 5.46 Å². The second-order valence-electron chi connectivity index (χ2n) is 8.12. The number of nitrogens with zero attached hydrogens (tertiary/aromatic N) is 1. The predicted octanol–water partition coefficient (Wildman–Crippen LogP) is 6.24. The molecule has 1 N–H and O–H groups in total. The van der Waals surface area contributed by atoms with E-state index in [1.807, 2.05) is 0 Å². The van der Waals surface area contributed by atoms with Crippen molar-refractivity contribution in [3.05, 3.63) is 29.8 Å². The van der Waals surface area contributed by atoms with Crippen molar-refractivity contribution in [2.24, 2.45) is 0 Å². The summed E-state index contributed by atoms with van der Waals surface area (Å²) in [4.78, 5) is 0. The summed E-state index contributed by atoms with van der Waals surface area (Å²) in [6.45, 7) is 9.88. The number of quaternary nitrogens is 1. The van der Waals surface area contributed by atoms with E-state index < -0.39 is 12.4 Å². The fourth-order valence-electron chi connectivity index (χ4n) is 3.49. The molecule has 170 valence electrons. The summed E-state index contributed by atoms with van der Waals surface area (Å²) in [7, 11) is 0. The predicted molar refractivity (Wildman–Crippen MR) is 120 cm³/mol. The Balaban J connectivity index is 0.000000571. The van der Waals surface area contributed by atoms with Crippen LogP contribution in [-0.2, 0) is 6.61 Å². The Morgan fingerprint density at radius 3 is 1.28 bits per heavy atom. The maximum absolute atomic E-state index is 12.0. The first kappa shape index (κ1) is 28.0. The summed E-state index contributed by atoms with van der Waals surface area (Å²) < 4.78 is 37.5. The molecule has 0 heterocycles. The lowest BCUT2D eigenvalue weighted by Crippen LogP contribution is -2.50. The number of hydrogen-bond donors (Lipinski definition) is 1. The van der Waals surface area contributed by atoms with E-state index in [1.54, 1.807) is 0 Å². The van der Waals surface area contributed by atoms with E-state index >= 15 is 0 Å². The number of aliphatic hydroxyl groups is 1. The SMILES string of the molecule is CCCC[N+](CCCC)(CCCC)CCCC.OCc1ccc([B-](F)(F)F)cc1. The molecule has 0 fully saturated rings. The molecular formula is C23H43BF3NO. The van der Waals surface area contributed by atoms with Crippen LogP contribution in [0.1, 0.15) is 84.6 Å². The van der Waals surface area contributed by atoms with E-state index in [0.717, 1.165) is 12.1 Å². The van der Waals surface area contributed by atoms with Crippen molar-refractivity contribution in [1.82, 2.24) is 0 Å². The molecule has 0 aliphatic rings. The van der Waals surface area contributed by atoms with Gasteiger partial charge in [0.2, 0.25) is 0 Å². The lowest BCUT2D eigenvalue weighted by atomic mass is 9.80. The molecular weight excluding hydrogens is 374 g/mol. The number of benzene rings is 1. The van der Waals surface area contributed by atoms with Gasteiger partial charge >= 0.3 is 6.98 Å². The van der Waals surface area contributed by atoms with Gasteiger partial charge < -0.3 is 22.5 Å². The molecule has 0 saturated carbocycles. The molecule has 0 saturated heterocycles. The van der Waals surface area contributed by atoms with Crippen LogP contribution in [0.2, 0.25) is 0 Å². The highest BCUT2D eigenvalue weighted by molar-refractivity contribution is 6.73. The third-order valence-electron chi connectivity index (χ3n) is 5.48. The average molecular weight is 417 g/mol. The third kappa shape index (κ3) is 12.3. The minimum atomic E-state index is -4.91. The van der Waals surface area contributed by atoms with E-state index in [9.17, 15) is 12.9 Å². The number of unbranched alkanes of at least 4 members (excludes halogenated alkanes) is 4. The first-order valence-corrected chi connectivity index (χ1v) is 11.5. The van der Waals surface area contributed by atoms with Crippen LogP contribution in [0.3, 0.4) is 0 Å². The lowest BCUT2D eigenvalue weighted by molar-refractivity contribution is -0.929. The van der Waals surface area contributed by atoms with Gasteiger partial charge in [0.25, 0.3) is 0 Å². The van der Waals surface area contributed by atoms with Crippen molar-refractivity contribution in [1.29, 1.82) is 0 Å². The van der Waals surface area contributed by atoms with Crippen LogP contribution in [0, 0.1) is 0 Å². The first-order chi connectivity index (χ1) is 13.8. The zero-order chi connectivity index (χ0) is 22.2. The molecule has 0 aliphatic heterocycles. The highest BCUT2D eigenvalue weighted by Gasteiger charge is 2.25. The summed E-state index contributed by atoms with van der Waals surface area (Å²) in [5.74, 6) is 0. The Bertz CT molecular complexity index is 468. The van der Waals surface area contributed by atoms with Crippen molar-refractivity contribution in [2.45, 2.75) is 85.7 Å². The van der Waals surface area contributed by atoms with Crippen molar-refractivity contribution < 1.29 is 22.5 Å². The summed E-state index contributed by atoms with van der Waals surface area (Å²) >= 11 is 0. The number of halogens is 3. The Labute approximate surface area is 177 Å². The maximum atomic E-state index is 12.0. The summed E-state index contributed by atoms with van der Waals surface area (Å²) in [6, 6.07) is 4.49. The van der Waals surface area contributed by atoms with Gasteiger partial charge in [-0.05, 0) is 31.2 Å². The largest absolute Gasteiger partial charge is 0.509 e. The van der Waals surface area contributed by atoms with Gasteiger partial charge in [0, 0.05) is 0 Å². The zero-order valence-corrected chi connectivity index (χ0v) is 19.1. The molecule has 1 rings (SSSR count). The maximum Gasteiger partial charge on any atom is 0.509 e. The van der Waals surface area contributed by atoms with Crippen LogP contribution in [0.25, 0.3) is 0 Å². The van der Waals surface area contributed by atoms with Crippen LogP contribution in [-0.4, -0.2) is 42.7 Å². The lowest BCUT2D eigenvalue weighted by Gasteiger charge is -2.39. The van der Waals surface area contributed by atoms with Crippen molar-refractivity contribution >= 4 is 12.4 Å². The second kappa shape index (κ2) is 15.8. The van der Waals surface area contributed by atoms with Gasteiger partial charge in [-0.25, -0.2) is 0 Å². The molecule has 6 heteroatoms. The molecule has 0 radical (unpaired) electrons. The minimum absolute atomic E-state index is 0.231. The highest BCUT2D eigenvalue weighted by Crippen LogP contribution is 2.16. The molecule has 1 aromatic carbocycles. The molecule has 29 heavy (non-hydrogen) atoms. The quantitative estimate of drug-likeness (QED) is 0.281. The fraction of sp³-hybridized carbons (Fsp3) is 0.739. The zero-order valence-electron chi connectivity index (χ0n) is 19.1. The van der Waals surface area contributed by atoms with Crippen LogP contribution in [0.4, 0.5) is 12.9 Å². The first-order valence-electron chi connectivity index (χ1n) is 11.5. The normalized spacial score (nSPS) is 11.9. The van der Waals surface area contributed by atoms with Crippen LogP contribution >= 0.6 is 0 Å². The van der Waals surface area contributed by atoms with Gasteiger partial charge in [-0.2, -0.15) is 0 Å². The van der Waals surface area contributed by atoms with Gasteiger partial charge in [-0.1, -0.05) is 77.6 Å². The Morgan fingerprint density at radius 2 is 1.03 bits per heavy atom. The number of aliphatic hydroxyl groups excluding tert-OH is 1. The van der Waals surface area contributed by atoms with E-state index in [4.69, 9.17) is 5.11 Å². The number of rotatable bonds is 14. The molecule has 0 atom stereocenters. The van der Waals surface area contributed by atoms with E-state index in [2.05, 4.69) is 27.7 Å². The topological polar surface area (TPSA) is 20.2 Å². The standard InChI is InChI=1S/C16H36N.C7H7BF3O/c1-5-9-13-17(14-10-6-2,15-11-7-3)16-12-8-4;9-8(10,11)7-3-1-6(5-12)2-4-7/h5-16H2,1-4H3;1-4,12H,5H2/q+1;-1. The van der Waals surface area contributed by atoms with Crippen molar-refractivity contribution in [3.8, 4) is 0 Å². The van der Waals surface area contributed by atoms with E-state index in [0.29, 0.717) is 5.56 Å². The third-order valence-corrected chi connectivity index (χ3v) is 5.48. The molecule has 0 aliphatic carbocycles. The molecule has 2 nitrogen and oxygen atoms in total. The van der Waals surface area contributed by atoms with Crippen molar-refractivity contribution in [3.63, 3.8) is 0 Å². The minimum Gasteiger partial charge on any atom is -0.445 e. The Kier molecular flexibility index (Phi) is 15.2. The highest BCUT2D eigenvalue weighted by atomic mass is 19.4. The van der Waals surface area contributed by atoms with Crippen molar-refractivity contribution in [2.75, 3.05) is 26.2 Å². The Morgan fingerprint density at radius 1 is 0.690 bits per heavy atom. The van der Waals surface area contributed by atoms with E-state index in [-0.39, 0.29) is 6.61 Å². The van der Waals surface area contributed by atoms with Gasteiger partial charge in [-0.3, -0.25) is 0 Å². The molecule has 0 bridgehead atoms. The summed E-state index contributed by atoms with van der Waals surface area (Å²) in [5, 5.41) is 8.56. The molecule has 0 unspecified atom stereocenters. The smallest absolute Gasteiger partial charge is 0.445 e. The summed E-state index contributed by atoms with van der Waals surface area (Å²) in [5.41, 5.74) is -0.147. The van der Waals surface area contributed by atoms with E-state index in [1.165, 1.54) is 94.2 Å². The molecule has 0 spiro atoms. The molecule has 0 amide bonds. The number of hydrogen-bond acceptors (Lipinski definition) is 1. The monoisotopic (exact) mass is 417 g/mol. The van der Waals surface area contributed by atoms with Crippen LogP contribution in [0.15, 0.2) is 24.3 Å².